The van der Waals surface area contributed by atoms with E-state index in [9.17, 15) is 4.79 Å². The van der Waals surface area contributed by atoms with Gasteiger partial charge in [0.1, 0.15) is 11.3 Å². The highest BCUT2D eigenvalue weighted by molar-refractivity contribution is 6.52. The Kier molecular flexibility index (Phi) is 6.60. The molecule has 0 N–H and O–H groups in total. The number of carbonyl (C=O) groups is 1. The van der Waals surface area contributed by atoms with E-state index in [0.717, 1.165) is 64.5 Å². The van der Waals surface area contributed by atoms with Crippen LogP contribution >= 0.6 is 0 Å². The number of rotatable bonds is 5. The molecule has 0 aliphatic carbocycles. The molecule has 1 atom stereocenters. The van der Waals surface area contributed by atoms with Crippen LogP contribution in [0.4, 0.5) is 4.79 Å². The molecule has 3 aromatic heterocycles. The number of hydrogen-bond acceptors (Lipinski definition) is 6. The highest BCUT2D eigenvalue weighted by Crippen LogP contribution is 2.31. The fraction of sp³-hybridized carbons (Fsp3) is 0.379. The molecule has 2 aromatic carbocycles. The van der Waals surface area contributed by atoms with Crippen LogP contribution in [0.5, 0.6) is 0 Å². The maximum atomic E-state index is 12.7. The van der Waals surface area contributed by atoms with E-state index in [1.807, 2.05) is 60.7 Å². The van der Waals surface area contributed by atoms with Crippen molar-refractivity contribution in [2.75, 3.05) is 6.61 Å². The summed E-state index contributed by atoms with van der Waals surface area (Å²) in [6, 6.07) is 12.5. The first-order valence-electron chi connectivity index (χ1n) is 13.6. The Hall–Kier alpha value is -3.76. The van der Waals surface area contributed by atoms with E-state index in [1.165, 1.54) is 5.19 Å². The summed E-state index contributed by atoms with van der Waals surface area (Å²) < 4.78 is 17.1. The van der Waals surface area contributed by atoms with Crippen molar-refractivity contribution in [1.82, 2.24) is 29.3 Å². The Morgan fingerprint density at radius 3 is 2.79 bits per heavy atom. The lowest BCUT2D eigenvalue weighted by Crippen LogP contribution is -2.26. The standard InChI is InChI=1S/C29H34N6O3Si/c1-29(2,3)38-28(36)34-11-10-20-9-8-19(13-25(20)34)17-33-18-24(31-32-33)22-14-21(39-4)15-26-23(22)16-30-35(26)27-7-5-6-12-37-27/h8-11,13-16,18,27H,5-7,12,17,39H2,1-4H3. The summed E-state index contributed by atoms with van der Waals surface area (Å²) in [5, 5.41) is 17.1. The van der Waals surface area contributed by atoms with Gasteiger partial charge in [-0.3, -0.25) is 4.57 Å². The molecule has 202 valence electrons. The summed E-state index contributed by atoms with van der Waals surface area (Å²) in [7, 11) is -0.400. The Labute approximate surface area is 229 Å². The van der Waals surface area contributed by atoms with Gasteiger partial charge in [0.05, 0.1) is 39.5 Å². The molecule has 1 unspecified atom stereocenters. The predicted octanol–water partition coefficient (Wildman–Crippen LogP) is 4.62. The smallest absolute Gasteiger partial charge is 0.418 e. The number of carbonyl (C=O) groups excluding carboxylic acids is 1. The molecule has 1 saturated heterocycles. The molecule has 6 rings (SSSR count). The van der Waals surface area contributed by atoms with Gasteiger partial charge < -0.3 is 9.47 Å². The topological polar surface area (TPSA) is 89.0 Å². The van der Waals surface area contributed by atoms with Crippen LogP contribution in [0.2, 0.25) is 6.55 Å². The minimum Gasteiger partial charge on any atom is -0.443 e. The normalized spacial score (nSPS) is 16.6. The highest BCUT2D eigenvalue weighted by Gasteiger charge is 2.22. The van der Waals surface area contributed by atoms with Gasteiger partial charge in [-0.05, 0) is 63.8 Å². The van der Waals surface area contributed by atoms with Crippen LogP contribution in [-0.2, 0) is 16.0 Å². The molecule has 10 heteroatoms. The summed E-state index contributed by atoms with van der Waals surface area (Å²) in [5.74, 6) is 0. The molecule has 1 aliphatic rings. The van der Waals surface area contributed by atoms with E-state index in [2.05, 4.69) is 35.1 Å². The number of aromatic nitrogens is 6. The fourth-order valence-electron chi connectivity index (χ4n) is 5.19. The number of ether oxygens (including phenoxy) is 2. The first kappa shape index (κ1) is 25.5. The van der Waals surface area contributed by atoms with Crippen LogP contribution in [0, 0.1) is 0 Å². The van der Waals surface area contributed by atoms with Gasteiger partial charge in [0.25, 0.3) is 0 Å². The second-order valence-electron chi connectivity index (χ2n) is 11.2. The second-order valence-corrected chi connectivity index (χ2v) is 12.7. The van der Waals surface area contributed by atoms with E-state index < -0.39 is 15.1 Å². The van der Waals surface area contributed by atoms with E-state index in [-0.39, 0.29) is 12.3 Å². The van der Waals surface area contributed by atoms with E-state index in [1.54, 1.807) is 10.8 Å². The zero-order chi connectivity index (χ0) is 27.1. The molecule has 1 aliphatic heterocycles. The van der Waals surface area contributed by atoms with Gasteiger partial charge in [-0.2, -0.15) is 5.10 Å². The molecule has 0 saturated carbocycles. The lowest BCUT2D eigenvalue weighted by Gasteiger charge is -2.23. The van der Waals surface area contributed by atoms with Crippen molar-refractivity contribution in [1.29, 1.82) is 0 Å². The average Bonchev–Trinajstić information content (AvgIpc) is 3.66. The van der Waals surface area contributed by atoms with Crippen molar-refractivity contribution in [3.8, 4) is 11.3 Å². The number of benzene rings is 2. The molecule has 4 heterocycles. The Bertz CT molecular complexity index is 1650. The minimum atomic E-state index is -0.564. The van der Waals surface area contributed by atoms with E-state index in [0.29, 0.717) is 6.54 Å². The Morgan fingerprint density at radius 1 is 1.15 bits per heavy atom. The maximum absolute atomic E-state index is 12.7. The SMILES string of the molecule is C[SiH2]c1cc(-c2cn(Cc3ccc4ccn(C(=O)OC(C)(C)C)c4c3)nn2)c2cnn(C3CCCCO3)c2c1. The van der Waals surface area contributed by atoms with Gasteiger partial charge in [-0.1, -0.05) is 35.1 Å². The van der Waals surface area contributed by atoms with Crippen molar-refractivity contribution in [3.05, 3.63) is 60.6 Å². The van der Waals surface area contributed by atoms with Crippen molar-refractivity contribution >= 4 is 42.6 Å². The molecule has 9 nitrogen and oxygen atoms in total. The third-order valence-corrected chi connectivity index (χ3v) is 8.34. The van der Waals surface area contributed by atoms with Crippen molar-refractivity contribution in [2.45, 2.75) is 65.0 Å². The Balaban J connectivity index is 1.30. The lowest BCUT2D eigenvalue weighted by atomic mass is 10.1. The molecule has 1 fully saturated rings. The largest absolute Gasteiger partial charge is 0.443 e. The van der Waals surface area contributed by atoms with Crippen molar-refractivity contribution in [3.63, 3.8) is 0 Å². The summed E-state index contributed by atoms with van der Waals surface area (Å²) >= 11 is 0. The van der Waals surface area contributed by atoms with Crippen LogP contribution in [0.15, 0.2) is 55.0 Å². The third-order valence-electron chi connectivity index (χ3n) is 7.12. The predicted molar refractivity (Wildman–Crippen MR) is 154 cm³/mol. The van der Waals surface area contributed by atoms with Crippen LogP contribution < -0.4 is 5.19 Å². The van der Waals surface area contributed by atoms with Crippen LogP contribution in [-0.4, -0.2) is 57.2 Å². The molecule has 0 bridgehead atoms. The van der Waals surface area contributed by atoms with E-state index >= 15 is 0 Å². The summed E-state index contributed by atoms with van der Waals surface area (Å²) in [6.45, 7) is 9.21. The fourth-order valence-corrected chi connectivity index (χ4v) is 6.00. The molecule has 0 radical (unpaired) electrons. The number of nitrogens with zero attached hydrogens (tertiary/aromatic N) is 6. The average molecular weight is 543 g/mol. The minimum absolute atomic E-state index is 0.0110. The van der Waals surface area contributed by atoms with Crippen LogP contribution in [0.25, 0.3) is 33.1 Å². The van der Waals surface area contributed by atoms with Gasteiger partial charge in [0.15, 0.2) is 6.23 Å². The molecule has 0 spiro atoms. The quantitative estimate of drug-likeness (QED) is 0.301. The molecular formula is C29H34N6O3Si. The molecule has 0 amide bonds. The highest BCUT2D eigenvalue weighted by atomic mass is 28.2. The zero-order valence-corrected chi connectivity index (χ0v) is 24.3. The Morgan fingerprint density at radius 2 is 2.03 bits per heavy atom. The van der Waals surface area contributed by atoms with Crippen LogP contribution in [0.3, 0.4) is 0 Å². The van der Waals surface area contributed by atoms with Gasteiger partial charge in [-0.25, -0.2) is 14.2 Å². The summed E-state index contributed by atoms with van der Waals surface area (Å²) in [5.41, 5.74) is 4.25. The molecule has 5 aromatic rings. The monoisotopic (exact) mass is 542 g/mol. The van der Waals surface area contributed by atoms with Gasteiger partial charge >= 0.3 is 6.09 Å². The summed E-state index contributed by atoms with van der Waals surface area (Å²) in [6.07, 6.45) is 8.52. The first-order valence-corrected chi connectivity index (χ1v) is 15.8. The van der Waals surface area contributed by atoms with E-state index in [4.69, 9.17) is 14.6 Å². The lowest BCUT2D eigenvalue weighted by molar-refractivity contribution is -0.0366. The van der Waals surface area contributed by atoms with Gasteiger partial charge in [0, 0.05) is 29.1 Å². The maximum Gasteiger partial charge on any atom is 0.418 e. The number of hydrogen-bond donors (Lipinski definition) is 0. The van der Waals surface area contributed by atoms with Gasteiger partial charge in [0.2, 0.25) is 0 Å². The molecular weight excluding hydrogens is 508 g/mol. The zero-order valence-electron chi connectivity index (χ0n) is 22.9. The van der Waals surface area contributed by atoms with Crippen LogP contribution in [0.1, 0.15) is 51.8 Å². The number of fused-ring (bicyclic) bond motifs is 2. The third kappa shape index (κ3) is 5.14. The molecule has 39 heavy (non-hydrogen) atoms. The summed E-state index contributed by atoms with van der Waals surface area (Å²) in [4.78, 5) is 12.7. The first-order chi connectivity index (χ1) is 18.8. The van der Waals surface area contributed by atoms with Crippen molar-refractivity contribution < 1.29 is 14.3 Å². The van der Waals surface area contributed by atoms with Crippen molar-refractivity contribution in [2.24, 2.45) is 0 Å². The second kappa shape index (κ2) is 10.1. The van der Waals surface area contributed by atoms with Gasteiger partial charge in [-0.15, -0.1) is 5.10 Å².